The lowest BCUT2D eigenvalue weighted by Gasteiger charge is -2.12. The molecule has 1 amide bonds. The first-order valence-corrected chi connectivity index (χ1v) is 7.28. The van der Waals surface area contributed by atoms with Gasteiger partial charge in [0, 0.05) is 17.4 Å². The highest BCUT2D eigenvalue weighted by Gasteiger charge is 2.13. The second-order valence-electron chi connectivity index (χ2n) is 5.08. The number of ether oxygens (including phenoxy) is 3. The quantitative estimate of drug-likeness (QED) is 0.537. The molecular weight excluding hydrogens is 326 g/mol. The summed E-state index contributed by atoms with van der Waals surface area (Å²) in [7, 11) is 2.98. The number of rotatable bonds is 6. The molecule has 5 N–H and O–H groups in total. The number of amides is 1. The molecule has 0 atom stereocenters. The highest BCUT2D eigenvalue weighted by molar-refractivity contribution is 5.97. The Kier molecular flexibility index (Phi) is 5.67. The van der Waals surface area contributed by atoms with E-state index in [0.29, 0.717) is 28.6 Å². The van der Waals surface area contributed by atoms with Crippen LogP contribution in [0, 0.1) is 0 Å². The third-order valence-corrected chi connectivity index (χ3v) is 3.23. The van der Waals surface area contributed by atoms with Crippen LogP contribution in [0.3, 0.4) is 0 Å². The van der Waals surface area contributed by atoms with Crippen LogP contribution in [0.15, 0.2) is 36.4 Å². The molecule has 8 heteroatoms. The second-order valence-corrected chi connectivity index (χ2v) is 5.08. The molecule has 0 spiro atoms. The van der Waals surface area contributed by atoms with Gasteiger partial charge in [0.1, 0.15) is 11.5 Å². The van der Waals surface area contributed by atoms with Crippen molar-refractivity contribution < 1.29 is 23.8 Å². The fourth-order valence-electron chi connectivity index (χ4n) is 2.11. The number of nitrogens with two attached hydrogens (primary N) is 2. The average molecular weight is 345 g/mol. The van der Waals surface area contributed by atoms with Crippen LogP contribution in [0.1, 0.15) is 10.4 Å². The SMILES string of the molecule is COc1ccc(OC)c(NC(=O)COC(=O)c2cc(N)cc(N)c2)c1. The van der Waals surface area contributed by atoms with Gasteiger partial charge in [-0.15, -0.1) is 0 Å². The van der Waals surface area contributed by atoms with Crippen LogP contribution in [0.4, 0.5) is 17.1 Å². The lowest BCUT2D eigenvalue weighted by atomic mass is 10.2. The van der Waals surface area contributed by atoms with Crippen LogP contribution in [-0.2, 0) is 9.53 Å². The van der Waals surface area contributed by atoms with Crippen molar-refractivity contribution in [2.45, 2.75) is 0 Å². The molecule has 0 aliphatic carbocycles. The second kappa shape index (κ2) is 7.91. The smallest absolute Gasteiger partial charge is 0.338 e. The van der Waals surface area contributed by atoms with Crippen molar-refractivity contribution in [3.63, 3.8) is 0 Å². The van der Waals surface area contributed by atoms with E-state index in [0.717, 1.165) is 0 Å². The molecule has 2 aromatic carbocycles. The molecule has 0 heterocycles. The molecule has 0 saturated heterocycles. The molecule has 0 aliphatic heterocycles. The normalized spacial score (nSPS) is 10.0. The number of carbonyl (C=O) groups is 2. The van der Waals surface area contributed by atoms with Crippen LogP contribution in [0.25, 0.3) is 0 Å². The van der Waals surface area contributed by atoms with Crippen LogP contribution < -0.4 is 26.3 Å². The van der Waals surface area contributed by atoms with Crippen LogP contribution in [-0.4, -0.2) is 32.7 Å². The Morgan fingerprint density at radius 1 is 1.00 bits per heavy atom. The van der Waals surface area contributed by atoms with Crippen molar-refractivity contribution in [1.29, 1.82) is 0 Å². The first kappa shape index (κ1) is 17.9. The first-order valence-electron chi connectivity index (χ1n) is 7.28. The van der Waals surface area contributed by atoms with E-state index in [1.807, 2.05) is 0 Å². The van der Waals surface area contributed by atoms with E-state index in [-0.39, 0.29) is 5.56 Å². The molecule has 0 radical (unpaired) electrons. The summed E-state index contributed by atoms with van der Waals surface area (Å²) in [5, 5.41) is 2.60. The van der Waals surface area contributed by atoms with Gasteiger partial charge >= 0.3 is 5.97 Å². The number of methoxy groups -OCH3 is 2. The van der Waals surface area contributed by atoms with Crippen molar-refractivity contribution in [1.82, 2.24) is 0 Å². The zero-order valence-electron chi connectivity index (χ0n) is 13.9. The lowest BCUT2D eigenvalue weighted by molar-refractivity contribution is -0.119. The van der Waals surface area contributed by atoms with Gasteiger partial charge in [-0.3, -0.25) is 4.79 Å². The number of anilines is 3. The van der Waals surface area contributed by atoms with Gasteiger partial charge in [-0.1, -0.05) is 0 Å². The molecular formula is C17H19N3O5. The Hall–Kier alpha value is -3.42. The summed E-state index contributed by atoms with van der Waals surface area (Å²) in [6, 6.07) is 9.29. The van der Waals surface area contributed by atoms with Gasteiger partial charge in [0.05, 0.1) is 25.5 Å². The van der Waals surface area contributed by atoms with E-state index in [9.17, 15) is 9.59 Å². The molecule has 0 unspecified atom stereocenters. The molecule has 0 aliphatic rings. The zero-order chi connectivity index (χ0) is 18.4. The van der Waals surface area contributed by atoms with Crippen LogP contribution in [0.2, 0.25) is 0 Å². The summed E-state index contributed by atoms with van der Waals surface area (Å²) in [4.78, 5) is 24.0. The number of hydrogen-bond donors (Lipinski definition) is 3. The Balaban J connectivity index is 2.00. The third-order valence-electron chi connectivity index (χ3n) is 3.23. The molecule has 0 saturated carbocycles. The Bertz CT molecular complexity index is 772. The van der Waals surface area contributed by atoms with E-state index < -0.39 is 18.5 Å². The van der Waals surface area contributed by atoms with E-state index >= 15 is 0 Å². The fraction of sp³-hybridized carbons (Fsp3) is 0.176. The maximum atomic E-state index is 12.0. The summed E-state index contributed by atoms with van der Waals surface area (Å²) < 4.78 is 15.2. The highest BCUT2D eigenvalue weighted by atomic mass is 16.5. The van der Waals surface area contributed by atoms with Gasteiger partial charge in [0.2, 0.25) is 0 Å². The van der Waals surface area contributed by atoms with Crippen molar-refractivity contribution in [2.24, 2.45) is 0 Å². The summed E-state index contributed by atoms with van der Waals surface area (Å²) in [5.74, 6) is -0.240. The van der Waals surface area contributed by atoms with Gasteiger partial charge in [0.25, 0.3) is 5.91 Å². The van der Waals surface area contributed by atoms with Crippen molar-refractivity contribution in [3.05, 3.63) is 42.0 Å². The van der Waals surface area contributed by atoms with E-state index in [2.05, 4.69) is 5.32 Å². The molecule has 2 rings (SSSR count). The van der Waals surface area contributed by atoms with Gasteiger partial charge in [-0.25, -0.2) is 4.79 Å². The molecule has 25 heavy (non-hydrogen) atoms. The van der Waals surface area contributed by atoms with E-state index in [1.165, 1.54) is 32.4 Å². The monoisotopic (exact) mass is 345 g/mol. The third kappa shape index (κ3) is 4.77. The maximum absolute atomic E-state index is 12.0. The minimum atomic E-state index is -0.702. The number of esters is 1. The Labute approximate surface area is 144 Å². The Morgan fingerprint density at radius 3 is 2.28 bits per heavy atom. The summed E-state index contributed by atoms with van der Waals surface area (Å²) in [6.07, 6.45) is 0. The van der Waals surface area contributed by atoms with E-state index in [4.69, 9.17) is 25.7 Å². The minimum absolute atomic E-state index is 0.171. The standard InChI is InChI=1S/C17H19N3O5/c1-23-13-3-4-15(24-2)14(8-13)20-16(21)9-25-17(22)10-5-11(18)7-12(19)6-10/h3-8H,9,18-19H2,1-2H3,(H,20,21). The molecule has 8 nitrogen and oxygen atoms in total. The van der Waals surface area contributed by atoms with Crippen molar-refractivity contribution in [2.75, 3.05) is 37.6 Å². The highest BCUT2D eigenvalue weighted by Crippen LogP contribution is 2.28. The largest absolute Gasteiger partial charge is 0.497 e. The maximum Gasteiger partial charge on any atom is 0.338 e. The molecule has 0 fully saturated rings. The van der Waals surface area contributed by atoms with Crippen molar-refractivity contribution in [3.8, 4) is 11.5 Å². The zero-order valence-corrected chi connectivity index (χ0v) is 13.9. The predicted octanol–water partition coefficient (Wildman–Crippen LogP) is 1.66. The number of nitrogens with one attached hydrogen (secondary N) is 1. The molecule has 0 aromatic heterocycles. The predicted molar refractivity (Wildman–Crippen MR) is 93.7 cm³/mol. The molecule has 0 bridgehead atoms. The van der Waals surface area contributed by atoms with Gasteiger partial charge < -0.3 is 31.0 Å². The average Bonchev–Trinajstić information content (AvgIpc) is 2.58. The first-order chi connectivity index (χ1) is 11.9. The van der Waals surface area contributed by atoms with Gasteiger partial charge in [0.15, 0.2) is 6.61 Å². The van der Waals surface area contributed by atoms with Crippen molar-refractivity contribution >= 4 is 28.9 Å². The summed E-state index contributed by atoms with van der Waals surface area (Å²) >= 11 is 0. The minimum Gasteiger partial charge on any atom is -0.497 e. The number of benzene rings is 2. The summed E-state index contributed by atoms with van der Waals surface area (Å²) in [5.41, 5.74) is 12.5. The summed E-state index contributed by atoms with van der Waals surface area (Å²) in [6.45, 7) is -0.478. The van der Waals surface area contributed by atoms with Crippen LogP contribution in [0.5, 0.6) is 11.5 Å². The fourth-order valence-corrected chi connectivity index (χ4v) is 2.11. The topological polar surface area (TPSA) is 126 Å². The van der Waals surface area contributed by atoms with Crippen LogP contribution >= 0.6 is 0 Å². The molecule has 2 aromatic rings. The number of carbonyl (C=O) groups excluding carboxylic acids is 2. The number of hydrogen-bond acceptors (Lipinski definition) is 7. The number of nitrogen functional groups attached to an aromatic ring is 2. The lowest BCUT2D eigenvalue weighted by Crippen LogP contribution is -2.21. The van der Waals surface area contributed by atoms with Gasteiger partial charge in [-0.2, -0.15) is 0 Å². The Morgan fingerprint density at radius 2 is 1.68 bits per heavy atom. The van der Waals surface area contributed by atoms with Gasteiger partial charge in [-0.05, 0) is 30.3 Å². The van der Waals surface area contributed by atoms with E-state index in [1.54, 1.807) is 18.2 Å². The molecule has 132 valence electrons.